The van der Waals surface area contributed by atoms with Gasteiger partial charge in [-0.1, -0.05) is 18.7 Å². The molecule has 1 aromatic carbocycles. The van der Waals surface area contributed by atoms with E-state index in [0.717, 1.165) is 45.7 Å². The molecule has 0 bridgehead atoms. The Bertz CT molecular complexity index is 957. The number of hydrogen-bond acceptors (Lipinski definition) is 9. The Balaban J connectivity index is 1.45. The Morgan fingerprint density at radius 3 is 2.75 bits per heavy atom. The van der Waals surface area contributed by atoms with E-state index < -0.39 is 36.5 Å². The molecule has 0 aliphatic carbocycles. The van der Waals surface area contributed by atoms with Gasteiger partial charge in [0.2, 0.25) is 0 Å². The van der Waals surface area contributed by atoms with Crippen molar-refractivity contribution in [3.05, 3.63) is 47.6 Å². The van der Waals surface area contributed by atoms with E-state index in [1.54, 1.807) is 25.1 Å². The van der Waals surface area contributed by atoms with E-state index in [2.05, 4.69) is 11.5 Å². The highest BCUT2D eigenvalue weighted by atomic mass is 16.6. The van der Waals surface area contributed by atoms with Gasteiger partial charge in [-0.3, -0.25) is 4.90 Å². The number of esters is 1. The van der Waals surface area contributed by atoms with E-state index in [4.69, 9.17) is 18.9 Å². The highest BCUT2D eigenvalue weighted by Crippen LogP contribution is 2.46. The third-order valence-corrected chi connectivity index (χ3v) is 6.78. The SMILES string of the molecule is C=C1/C=C\C[C@H](C)OC(=O)c2c(O)cc(OCCCCN3CCOCC3)cc2[C@H]2O[C@@H]2C[C@H](O)[C@@H]1O. The lowest BCUT2D eigenvalue weighted by atomic mass is 9.96. The summed E-state index contributed by atoms with van der Waals surface area (Å²) in [5, 5.41) is 31.6. The van der Waals surface area contributed by atoms with E-state index in [1.807, 2.05) is 0 Å². The number of hydrogen-bond donors (Lipinski definition) is 3. The third-order valence-electron chi connectivity index (χ3n) is 6.78. The van der Waals surface area contributed by atoms with Gasteiger partial charge in [0, 0.05) is 37.6 Å². The number of carbonyl (C=O) groups is 1. The van der Waals surface area contributed by atoms with E-state index in [1.165, 1.54) is 6.07 Å². The Hall–Kier alpha value is -2.43. The standard InChI is InChI=1S/C27H37NO8/c1-17-6-5-7-18(2)35-27(32)24-20(26-23(36-26)16-22(30)25(17)31)14-19(15-21(24)29)34-11-4-3-8-28-9-12-33-13-10-28/h5-6,14-15,18,22-23,25-26,29-31H,1,3-4,7-13,16H2,2H3/b6-5-/t18-,22-,23+,25+,26+/m0/s1. The normalized spacial score (nSPS) is 30.5. The summed E-state index contributed by atoms with van der Waals surface area (Å²) in [6.07, 6.45) is 2.06. The first-order chi connectivity index (χ1) is 17.3. The number of phenolic OH excluding ortho intramolecular Hbond substituents is 1. The predicted octanol–water partition coefficient (Wildman–Crippen LogP) is 2.50. The fourth-order valence-electron chi connectivity index (χ4n) is 4.61. The van der Waals surface area contributed by atoms with Gasteiger partial charge in [0.25, 0.3) is 0 Å². The maximum Gasteiger partial charge on any atom is 0.342 e. The summed E-state index contributed by atoms with van der Waals surface area (Å²) in [7, 11) is 0. The molecular weight excluding hydrogens is 466 g/mol. The van der Waals surface area contributed by atoms with Crippen LogP contribution in [0.25, 0.3) is 0 Å². The number of ether oxygens (including phenoxy) is 4. The van der Waals surface area contributed by atoms with Crippen molar-refractivity contribution in [2.45, 2.75) is 63.1 Å². The van der Waals surface area contributed by atoms with E-state index in [0.29, 0.717) is 29.9 Å². The van der Waals surface area contributed by atoms with Gasteiger partial charge in [-0.25, -0.2) is 4.79 Å². The summed E-state index contributed by atoms with van der Waals surface area (Å²) in [5.41, 5.74) is 0.862. The second-order valence-electron chi connectivity index (χ2n) is 9.69. The molecule has 36 heavy (non-hydrogen) atoms. The van der Waals surface area contributed by atoms with Crippen LogP contribution in [0, 0.1) is 0 Å². The van der Waals surface area contributed by atoms with Crippen molar-refractivity contribution < 1.29 is 39.1 Å². The summed E-state index contributed by atoms with van der Waals surface area (Å²) in [4.78, 5) is 15.4. The van der Waals surface area contributed by atoms with Crippen LogP contribution in [-0.4, -0.2) is 90.1 Å². The molecule has 2 saturated heterocycles. The Morgan fingerprint density at radius 2 is 1.97 bits per heavy atom. The number of carbonyl (C=O) groups excluding carboxylic acids is 1. The molecule has 5 atom stereocenters. The molecule has 0 radical (unpaired) electrons. The second-order valence-corrected chi connectivity index (χ2v) is 9.69. The first-order valence-electron chi connectivity index (χ1n) is 12.7. The largest absolute Gasteiger partial charge is 0.507 e. The molecule has 1 aromatic rings. The predicted molar refractivity (Wildman–Crippen MR) is 132 cm³/mol. The van der Waals surface area contributed by atoms with E-state index >= 15 is 0 Å². The van der Waals surface area contributed by atoms with Crippen LogP contribution in [0.4, 0.5) is 0 Å². The van der Waals surface area contributed by atoms with Crippen LogP contribution < -0.4 is 4.74 Å². The van der Waals surface area contributed by atoms with Gasteiger partial charge in [0.15, 0.2) is 0 Å². The molecule has 198 valence electrons. The zero-order valence-corrected chi connectivity index (χ0v) is 20.8. The van der Waals surface area contributed by atoms with Crippen LogP contribution in [0.15, 0.2) is 36.4 Å². The fourth-order valence-corrected chi connectivity index (χ4v) is 4.61. The van der Waals surface area contributed by atoms with Crippen LogP contribution in [0.3, 0.4) is 0 Å². The minimum atomic E-state index is -1.13. The molecule has 0 saturated carbocycles. The lowest BCUT2D eigenvalue weighted by molar-refractivity contribution is 0.0332. The maximum atomic E-state index is 13.0. The highest BCUT2D eigenvalue weighted by molar-refractivity contribution is 5.95. The number of morpholine rings is 1. The zero-order chi connectivity index (χ0) is 25.7. The molecule has 0 amide bonds. The van der Waals surface area contributed by atoms with Gasteiger partial charge >= 0.3 is 5.97 Å². The topological polar surface area (TPSA) is 121 Å². The lowest BCUT2D eigenvalue weighted by Crippen LogP contribution is -2.36. The van der Waals surface area contributed by atoms with E-state index in [9.17, 15) is 20.1 Å². The van der Waals surface area contributed by atoms with Crippen molar-refractivity contribution in [2.75, 3.05) is 39.5 Å². The summed E-state index contributed by atoms with van der Waals surface area (Å²) in [5.74, 6) is -0.448. The van der Waals surface area contributed by atoms with Crippen LogP contribution >= 0.6 is 0 Å². The number of aromatic hydroxyl groups is 1. The van der Waals surface area contributed by atoms with Crippen molar-refractivity contribution in [1.29, 1.82) is 0 Å². The van der Waals surface area contributed by atoms with Crippen LogP contribution in [-0.2, 0) is 14.2 Å². The molecule has 0 unspecified atom stereocenters. The lowest BCUT2D eigenvalue weighted by Gasteiger charge is -2.26. The molecule has 3 heterocycles. The molecule has 0 spiro atoms. The first-order valence-corrected chi connectivity index (χ1v) is 12.7. The van der Waals surface area contributed by atoms with Crippen LogP contribution in [0.5, 0.6) is 11.5 Å². The summed E-state index contributed by atoms with van der Waals surface area (Å²) < 4.78 is 22.6. The Morgan fingerprint density at radius 1 is 1.19 bits per heavy atom. The average Bonchev–Trinajstić information content (AvgIpc) is 3.61. The number of epoxide rings is 1. The number of rotatable bonds is 6. The molecule has 0 aromatic heterocycles. The minimum absolute atomic E-state index is 0.0366. The van der Waals surface area contributed by atoms with Gasteiger partial charge in [0.05, 0.1) is 32.0 Å². The van der Waals surface area contributed by atoms with Crippen molar-refractivity contribution in [3.8, 4) is 11.5 Å². The number of cyclic esters (lactones) is 1. The number of aliphatic hydroxyl groups excluding tert-OH is 2. The maximum absolute atomic E-state index is 13.0. The van der Waals surface area contributed by atoms with Crippen molar-refractivity contribution >= 4 is 5.97 Å². The highest BCUT2D eigenvalue weighted by Gasteiger charge is 2.45. The smallest absolute Gasteiger partial charge is 0.342 e. The molecular formula is C27H37NO8. The minimum Gasteiger partial charge on any atom is -0.507 e. The van der Waals surface area contributed by atoms with Crippen LogP contribution in [0.2, 0.25) is 0 Å². The number of unbranched alkanes of at least 4 members (excludes halogenated alkanes) is 1. The summed E-state index contributed by atoms with van der Waals surface area (Å²) in [6, 6.07) is 3.12. The average molecular weight is 504 g/mol. The molecule has 4 rings (SSSR count). The molecule has 3 N–H and O–H groups in total. The fraction of sp³-hybridized carbons (Fsp3) is 0.593. The van der Waals surface area contributed by atoms with Crippen molar-refractivity contribution in [2.24, 2.45) is 0 Å². The summed E-state index contributed by atoms with van der Waals surface area (Å²) >= 11 is 0. The monoisotopic (exact) mass is 503 g/mol. The number of benzene rings is 1. The molecule has 9 nitrogen and oxygen atoms in total. The van der Waals surface area contributed by atoms with Gasteiger partial charge < -0.3 is 34.3 Å². The number of nitrogens with zero attached hydrogens (tertiary/aromatic N) is 1. The third kappa shape index (κ3) is 6.86. The second kappa shape index (κ2) is 12.2. The first kappa shape index (κ1) is 26.6. The Labute approximate surface area is 211 Å². The van der Waals surface area contributed by atoms with Gasteiger partial charge in [-0.15, -0.1) is 0 Å². The van der Waals surface area contributed by atoms with Gasteiger partial charge in [-0.05, 0) is 37.9 Å². The van der Waals surface area contributed by atoms with Crippen molar-refractivity contribution in [3.63, 3.8) is 0 Å². The quantitative estimate of drug-likeness (QED) is 0.305. The van der Waals surface area contributed by atoms with Gasteiger partial charge in [0.1, 0.15) is 35.4 Å². The summed E-state index contributed by atoms with van der Waals surface area (Å²) in [6.45, 7) is 10.5. The molecule has 3 aliphatic rings. The van der Waals surface area contributed by atoms with E-state index in [-0.39, 0.29) is 17.7 Å². The number of fused-ring (bicyclic) bond motifs is 3. The molecule has 9 heteroatoms. The van der Waals surface area contributed by atoms with Gasteiger partial charge in [-0.2, -0.15) is 0 Å². The molecule has 3 aliphatic heterocycles. The van der Waals surface area contributed by atoms with Crippen LogP contribution in [0.1, 0.15) is 54.6 Å². The molecule has 2 fully saturated rings. The number of aliphatic hydroxyl groups is 2. The Kier molecular flexibility index (Phi) is 9.03. The number of phenols is 1. The van der Waals surface area contributed by atoms with Crippen molar-refractivity contribution in [1.82, 2.24) is 4.90 Å². The zero-order valence-electron chi connectivity index (χ0n) is 20.8.